The van der Waals surface area contributed by atoms with Crippen LogP contribution in [0.3, 0.4) is 0 Å². The van der Waals surface area contributed by atoms with Crippen molar-refractivity contribution in [1.82, 2.24) is 19.6 Å². The van der Waals surface area contributed by atoms with Gasteiger partial charge in [0, 0.05) is 27.6 Å². The van der Waals surface area contributed by atoms with Crippen LogP contribution in [0.4, 0.5) is 11.5 Å². The van der Waals surface area contributed by atoms with Gasteiger partial charge in [0.05, 0.1) is 5.52 Å². The molecule has 2 aromatic heterocycles. The van der Waals surface area contributed by atoms with E-state index in [4.69, 9.17) is 23.8 Å². The van der Waals surface area contributed by atoms with Gasteiger partial charge in [-0.3, -0.25) is 4.40 Å². The second-order valence-electron chi connectivity index (χ2n) is 5.30. The number of rotatable bonds is 2. The Morgan fingerprint density at radius 3 is 2.88 bits per heavy atom. The van der Waals surface area contributed by atoms with Gasteiger partial charge >= 0.3 is 0 Å². The summed E-state index contributed by atoms with van der Waals surface area (Å²) in [6.45, 7) is 0. The van der Waals surface area contributed by atoms with E-state index >= 15 is 0 Å². The zero-order valence-corrected chi connectivity index (χ0v) is 15.7. The van der Waals surface area contributed by atoms with Gasteiger partial charge in [-0.1, -0.05) is 33.6 Å². The lowest BCUT2D eigenvalue weighted by atomic mass is 10.2. The topological polar surface area (TPSA) is 49.2 Å². The number of nitrogens with zero attached hydrogens (tertiary/aromatic N) is 4. The van der Waals surface area contributed by atoms with Crippen LogP contribution in [0.5, 0.6) is 0 Å². The molecule has 0 saturated carbocycles. The summed E-state index contributed by atoms with van der Waals surface area (Å²) in [5, 5.41) is 8.57. The van der Waals surface area contributed by atoms with E-state index in [1.54, 1.807) is 4.40 Å². The smallest absolute Gasteiger partial charge is 0.255 e. The highest BCUT2D eigenvalue weighted by molar-refractivity contribution is 9.10. The monoisotopic (exact) mass is 419 g/mol. The fourth-order valence-corrected chi connectivity index (χ4v) is 3.46. The molecule has 24 heavy (non-hydrogen) atoms. The molecule has 8 heteroatoms. The second kappa shape index (κ2) is 5.84. The number of aromatic amines is 1. The van der Waals surface area contributed by atoms with Crippen LogP contribution < -0.4 is 4.90 Å². The zero-order valence-electron chi connectivity index (χ0n) is 12.5. The molecule has 0 bridgehead atoms. The van der Waals surface area contributed by atoms with Gasteiger partial charge < -0.3 is 4.90 Å². The minimum absolute atomic E-state index is 0.487. The van der Waals surface area contributed by atoms with Gasteiger partial charge in [0.1, 0.15) is 5.82 Å². The summed E-state index contributed by atoms with van der Waals surface area (Å²) in [5.74, 6) is 1.29. The molecule has 0 aliphatic rings. The summed E-state index contributed by atoms with van der Waals surface area (Å²) in [7, 11) is 1.97. The minimum Gasteiger partial charge on any atom is -0.329 e. The second-order valence-corrected chi connectivity index (χ2v) is 7.04. The van der Waals surface area contributed by atoms with Crippen molar-refractivity contribution >= 4 is 67.9 Å². The van der Waals surface area contributed by atoms with E-state index in [-0.39, 0.29) is 0 Å². The number of nitrogens with one attached hydrogen (secondary N) is 1. The first-order valence-corrected chi connectivity index (χ1v) is 8.68. The van der Waals surface area contributed by atoms with Crippen LogP contribution in [-0.2, 0) is 0 Å². The fraction of sp³-hybridized carbons (Fsp3) is 0.0625. The van der Waals surface area contributed by atoms with Crippen molar-refractivity contribution in [3.05, 3.63) is 56.7 Å². The maximum absolute atomic E-state index is 6.19. The fourth-order valence-electron chi connectivity index (χ4n) is 2.68. The molecule has 120 valence electrons. The van der Waals surface area contributed by atoms with E-state index in [0.29, 0.717) is 15.6 Å². The summed E-state index contributed by atoms with van der Waals surface area (Å²) in [4.78, 5) is 6.69. The first-order chi connectivity index (χ1) is 11.5. The Morgan fingerprint density at radius 1 is 1.25 bits per heavy atom. The van der Waals surface area contributed by atoms with Crippen molar-refractivity contribution in [2.75, 3.05) is 11.9 Å². The maximum atomic E-state index is 6.19. The number of hydrogen-bond donors (Lipinski definition) is 1. The highest BCUT2D eigenvalue weighted by Gasteiger charge is 2.15. The van der Waals surface area contributed by atoms with Crippen LogP contribution in [0, 0.1) is 4.77 Å². The van der Waals surface area contributed by atoms with E-state index < -0.39 is 0 Å². The lowest BCUT2D eigenvalue weighted by Crippen LogP contribution is -2.13. The summed E-state index contributed by atoms with van der Waals surface area (Å²) < 4.78 is 3.28. The van der Waals surface area contributed by atoms with Gasteiger partial charge in [-0.2, -0.15) is 4.98 Å². The molecule has 0 unspecified atom stereocenters. The molecule has 2 heterocycles. The molecule has 0 saturated heterocycles. The van der Waals surface area contributed by atoms with Crippen LogP contribution in [0.15, 0.2) is 46.9 Å². The number of aromatic nitrogens is 4. The highest BCUT2D eigenvalue weighted by Crippen LogP contribution is 2.32. The molecule has 5 nitrogen and oxygen atoms in total. The van der Waals surface area contributed by atoms with Crippen molar-refractivity contribution in [3.8, 4) is 0 Å². The van der Waals surface area contributed by atoms with Crippen molar-refractivity contribution in [1.29, 1.82) is 0 Å². The summed E-state index contributed by atoms with van der Waals surface area (Å²) in [6, 6.07) is 13.7. The van der Waals surface area contributed by atoms with Crippen molar-refractivity contribution < 1.29 is 0 Å². The Bertz CT molecular complexity index is 1140. The van der Waals surface area contributed by atoms with Crippen molar-refractivity contribution in [2.45, 2.75) is 0 Å². The molecule has 4 aromatic rings. The summed E-state index contributed by atoms with van der Waals surface area (Å²) in [6.07, 6.45) is 0. The van der Waals surface area contributed by atoms with Crippen LogP contribution in [0.2, 0.25) is 5.02 Å². The molecule has 0 amide bonds. The molecular formula is C16H11BrClN5S. The Labute approximate surface area is 156 Å². The summed E-state index contributed by atoms with van der Waals surface area (Å²) >= 11 is 15.0. The quantitative estimate of drug-likeness (QED) is 0.457. The van der Waals surface area contributed by atoms with Gasteiger partial charge in [0.2, 0.25) is 4.77 Å². The Kier molecular flexibility index (Phi) is 3.79. The Hall–Kier alpha value is -1.96. The van der Waals surface area contributed by atoms with Crippen LogP contribution >= 0.6 is 39.7 Å². The number of anilines is 2. The third-order valence-electron chi connectivity index (χ3n) is 3.82. The minimum atomic E-state index is 0.487. The molecule has 2 aromatic carbocycles. The zero-order chi connectivity index (χ0) is 16.8. The van der Waals surface area contributed by atoms with E-state index in [0.717, 1.165) is 26.9 Å². The van der Waals surface area contributed by atoms with Crippen molar-refractivity contribution in [3.63, 3.8) is 0 Å². The first-order valence-electron chi connectivity index (χ1n) is 7.10. The number of H-pyrrole nitrogens is 1. The van der Waals surface area contributed by atoms with Gasteiger partial charge in [-0.25, -0.2) is 5.10 Å². The standard InChI is InChI=1S/C16H11BrClN5S/c1-22(11-4-2-3-9(17)7-11)14-12-6-5-10(18)8-13(12)23-15(19-14)20-21-16(23)24/h2-8H,1H3,(H,21,24). The van der Waals surface area contributed by atoms with Crippen LogP contribution in [0.25, 0.3) is 16.7 Å². The molecule has 0 fully saturated rings. The normalized spacial score (nSPS) is 11.3. The van der Waals surface area contributed by atoms with Crippen LogP contribution in [-0.4, -0.2) is 26.6 Å². The largest absolute Gasteiger partial charge is 0.329 e. The van der Waals surface area contributed by atoms with Gasteiger partial charge in [-0.15, -0.1) is 5.10 Å². The third kappa shape index (κ3) is 2.49. The van der Waals surface area contributed by atoms with E-state index in [9.17, 15) is 0 Å². The number of halogens is 2. The van der Waals surface area contributed by atoms with Crippen molar-refractivity contribution in [2.24, 2.45) is 0 Å². The predicted octanol–water partition coefficient (Wildman–Crippen LogP) is 5.12. The molecule has 0 aliphatic carbocycles. The van der Waals surface area contributed by atoms with Gasteiger partial charge in [0.25, 0.3) is 5.78 Å². The molecule has 0 aliphatic heterocycles. The average Bonchev–Trinajstić information content (AvgIpc) is 2.94. The predicted molar refractivity (Wildman–Crippen MR) is 103 cm³/mol. The van der Waals surface area contributed by atoms with E-state index in [1.807, 2.05) is 54.4 Å². The molecule has 0 spiro atoms. The number of fused-ring (bicyclic) bond motifs is 3. The number of benzene rings is 2. The van der Waals surface area contributed by atoms with Gasteiger partial charge in [-0.05, 0) is 48.6 Å². The Morgan fingerprint density at radius 2 is 2.08 bits per heavy atom. The van der Waals surface area contributed by atoms with E-state index in [2.05, 4.69) is 31.1 Å². The third-order valence-corrected chi connectivity index (χ3v) is 4.82. The lowest BCUT2D eigenvalue weighted by Gasteiger charge is -2.20. The molecule has 0 radical (unpaired) electrons. The molecule has 0 atom stereocenters. The SMILES string of the molecule is CN(c1cccc(Br)c1)c1nc2n[nH]c(=S)n2c2cc(Cl)ccc12. The molecule has 1 N–H and O–H groups in total. The average molecular weight is 421 g/mol. The molecule has 4 rings (SSSR count). The van der Waals surface area contributed by atoms with Crippen LogP contribution in [0.1, 0.15) is 0 Å². The lowest BCUT2D eigenvalue weighted by molar-refractivity contribution is 1.08. The summed E-state index contributed by atoms with van der Waals surface area (Å²) in [5.41, 5.74) is 1.87. The maximum Gasteiger partial charge on any atom is 0.255 e. The molecular weight excluding hydrogens is 410 g/mol. The highest BCUT2D eigenvalue weighted by atomic mass is 79.9. The Balaban J connectivity index is 2.05. The van der Waals surface area contributed by atoms with Gasteiger partial charge in [0.15, 0.2) is 0 Å². The first kappa shape index (κ1) is 15.6. The number of hydrogen-bond acceptors (Lipinski definition) is 4. The van der Waals surface area contributed by atoms with E-state index in [1.165, 1.54) is 0 Å².